The van der Waals surface area contributed by atoms with Gasteiger partial charge in [-0.3, -0.25) is 0 Å². The largest absolute Gasteiger partial charge is 0.324 e. The van der Waals surface area contributed by atoms with Crippen LogP contribution in [0.15, 0.2) is 29.4 Å². The summed E-state index contributed by atoms with van der Waals surface area (Å²) in [7, 11) is 0. The number of halogens is 1. The van der Waals surface area contributed by atoms with Crippen LogP contribution in [0, 0.1) is 5.82 Å². The van der Waals surface area contributed by atoms with Crippen molar-refractivity contribution >= 4 is 11.8 Å². The lowest BCUT2D eigenvalue weighted by molar-refractivity contribution is 0.526. The normalized spacial score (nSPS) is 11.2. The van der Waals surface area contributed by atoms with E-state index in [0.717, 1.165) is 16.5 Å². The predicted octanol–water partition coefficient (Wildman–Crippen LogP) is 2.75. The molecule has 0 unspecified atom stereocenters. The molecule has 0 amide bonds. The molecule has 0 fully saturated rings. The summed E-state index contributed by atoms with van der Waals surface area (Å²) in [6, 6.07) is 6.84. The number of thioether (sulfide) groups is 1. The maximum atomic E-state index is 13.1. The van der Waals surface area contributed by atoms with Gasteiger partial charge in [-0.15, -0.1) is 10.2 Å². The molecule has 102 valence electrons. The molecule has 0 radical (unpaired) electrons. The molecule has 0 bridgehead atoms. The second-order valence-electron chi connectivity index (χ2n) is 4.49. The molecule has 2 rings (SSSR count). The smallest absolute Gasteiger partial charge is 0.191 e. The third-order valence-corrected chi connectivity index (χ3v) is 3.71. The Labute approximate surface area is 116 Å². The average molecular weight is 280 g/mol. The number of hydrogen-bond acceptors (Lipinski definition) is 4. The SMILES string of the molecule is CC(C)n1c(CN)nnc1SCc1cccc(F)c1. The second kappa shape index (κ2) is 6.16. The Balaban J connectivity index is 2.13. The van der Waals surface area contributed by atoms with E-state index in [1.165, 1.54) is 12.1 Å². The summed E-state index contributed by atoms with van der Waals surface area (Å²) in [5.74, 6) is 1.22. The lowest BCUT2D eigenvalue weighted by Gasteiger charge is -2.12. The summed E-state index contributed by atoms with van der Waals surface area (Å²) < 4.78 is 15.1. The van der Waals surface area contributed by atoms with Crippen LogP contribution in [0.3, 0.4) is 0 Å². The highest BCUT2D eigenvalue weighted by molar-refractivity contribution is 7.98. The van der Waals surface area contributed by atoms with Crippen molar-refractivity contribution < 1.29 is 4.39 Å². The third-order valence-electron chi connectivity index (χ3n) is 2.69. The minimum absolute atomic E-state index is 0.217. The maximum absolute atomic E-state index is 13.1. The standard InChI is InChI=1S/C13H17FN4S/c1-9(2)18-12(7-15)16-17-13(18)19-8-10-4-3-5-11(14)6-10/h3-6,9H,7-8,15H2,1-2H3. The highest BCUT2D eigenvalue weighted by atomic mass is 32.2. The molecule has 0 aliphatic carbocycles. The Morgan fingerprint density at radius 3 is 2.79 bits per heavy atom. The van der Waals surface area contributed by atoms with Gasteiger partial charge in [0.1, 0.15) is 11.6 Å². The molecule has 0 aliphatic heterocycles. The fourth-order valence-corrected chi connectivity index (χ4v) is 2.87. The van der Waals surface area contributed by atoms with Gasteiger partial charge in [0, 0.05) is 11.8 Å². The molecule has 1 heterocycles. The zero-order valence-corrected chi connectivity index (χ0v) is 11.8. The van der Waals surface area contributed by atoms with Crippen LogP contribution in [0.25, 0.3) is 0 Å². The maximum Gasteiger partial charge on any atom is 0.191 e. The second-order valence-corrected chi connectivity index (χ2v) is 5.43. The van der Waals surface area contributed by atoms with Crippen LogP contribution < -0.4 is 5.73 Å². The van der Waals surface area contributed by atoms with Crippen molar-refractivity contribution in [1.82, 2.24) is 14.8 Å². The summed E-state index contributed by atoms with van der Waals surface area (Å²) in [6.07, 6.45) is 0. The van der Waals surface area contributed by atoms with Crippen molar-refractivity contribution in [2.45, 2.75) is 37.3 Å². The first kappa shape index (κ1) is 14.0. The zero-order chi connectivity index (χ0) is 13.8. The molecule has 1 aromatic heterocycles. The van der Waals surface area contributed by atoms with Crippen molar-refractivity contribution in [1.29, 1.82) is 0 Å². The number of nitrogens with two attached hydrogens (primary N) is 1. The molecule has 0 aliphatic rings. The van der Waals surface area contributed by atoms with Crippen molar-refractivity contribution in [2.24, 2.45) is 5.73 Å². The quantitative estimate of drug-likeness (QED) is 0.856. The minimum Gasteiger partial charge on any atom is -0.324 e. The number of hydrogen-bond donors (Lipinski definition) is 1. The van der Waals surface area contributed by atoms with Gasteiger partial charge in [-0.25, -0.2) is 4.39 Å². The minimum atomic E-state index is -0.217. The van der Waals surface area contributed by atoms with Crippen LogP contribution in [0.2, 0.25) is 0 Å². The highest BCUT2D eigenvalue weighted by Gasteiger charge is 2.14. The zero-order valence-electron chi connectivity index (χ0n) is 11.0. The highest BCUT2D eigenvalue weighted by Crippen LogP contribution is 2.25. The first-order valence-corrected chi connectivity index (χ1v) is 7.11. The third kappa shape index (κ3) is 3.33. The van der Waals surface area contributed by atoms with Gasteiger partial charge >= 0.3 is 0 Å². The van der Waals surface area contributed by atoms with Crippen LogP contribution in [-0.4, -0.2) is 14.8 Å². The van der Waals surface area contributed by atoms with E-state index in [9.17, 15) is 4.39 Å². The summed E-state index contributed by atoms with van der Waals surface area (Å²) in [5, 5.41) is 9.05. The average Bonchev–Trinajstić information content (AvgIpc) is 2.79. The summed E-state index contributed by atoms with van der Waals surface area (Å²) in [4.78, 5) is 0. The van der Waals surface area contributed by atoms with Gasteiger partial charge in [-0.2, -0.15) is 0 Å². The Bertz CT molecular complexity index is 553. The molecule has 6 heteroatoms. The summed E-state index contributed by atoms with van der Waals surface area (Å²) in [6.45, 7) is 4.50. The van der Waals surface area contributed by atoms with E-state index in [1.54, 1.807) is 17.8 Å². The molecule has 1 aromatic carbocycles. The molecular weight excluding hydrogens is 263 g/mol. The van der Waals surface area contributed by atoms with Crippen molar-refractivity contribution in [3.05, 3.63) is 41.5 Å². The number of nitrogens with zero attached hydrogens (tertiary/aromatic N) is 3. The van der Waals surface area contributed by atoms with Gasteiger partial charge in [0.15, 0.2) is 5.16 Å². The molecule has 2 N–H and O–H groups in total. The van der Waals surface area contributed by atoms with Crippen LogP contribution >= 0.6 is 11.8 Å². The molecule has 4 nitrogen and oxygen atoms in total. The van der Waals surface area contributed by atoms with Gasteiger partial charge < -0.3 is 10.3 Å². The van der Waals surface area contributed by atoms with Crippen molar-refractivity contribution in [2.75, 3.05) is 0 Å². The molecule has 0 saturated heterocycles. The van der Waals surface area contributed by atoms with Gasteiger partial charge in [-0.05, 0) is 31.5 Å². The van der Waals surface area contributed by atoms with Gasteiger partial charge in [-0.1, -0.05) is 23.9 Å². The molecule has 0 saturated carbocycles. The Hall–Kier alpha value is -1.40. The molecule has 19 heavy (non-hydrogen) atoms. The lowest BCUT2D eigenvalue weighted by atomic mass is 10.2. The van der Waals surface area contributed by atoms with E-state index < -0.39 is 0 Å². The van der Waals surface area contributed by atoms with E-state index in [1.807, 2.05) is 10.6 Å². The lowest BCUT2D eigenvalue weighted by Crippen LogP contribution is -2.11. The van der Waals surface area contributed by atoms with Gasteiger partial charge in [0.2, 0.25) is 0 Å². The van der Waals surface area contributed by atoms with E-state index in [-0.39, 0.29) is 11.9 Å². The van der Waals surface area contributed by atoms with Crippen LogP contribution in [0.4, 0.5) is 4.39 Å². The molecule has 2 aromatic rings. The first-order chi connectivity index (χ1) is 9.11. The molecule has 0 atom stereocenters. The fourth-order valence-electron chi connectivity index (χ4n) is 1.84. The monoisotopic (exact) mass is 280 g/mol. The number of rotatable bonds is 5. The van der Waals surface area contributed by atoms with Gasteiger partial charge in [0.25, 0.3) is 0 Å². The fraction of sp³-hybridized carbons (Fsp3) is 0.385. The van der Waals surface area contributed by atoms with Crippen LogP contribution in [0.1, 0.15) is 31.3 Å². The number of aromatic nitrogens is 3. The molecule has 0 spiro atoms. The Morgan fingerprint density at radius 2 is 2.16 bits per heavy atom. The summed E-state index contributed by atoms with van der Waals surface area (Å²) in [5.41, 5.74) is 6.58. The summed E-state index contributed by atoms with van der Waals surface area (Å²) >= 11 is 1.54. The first-order valence-electron chi connectivity index (χ1n) is 6.13. The van der Waals surface area contributed by atoms with E-state index >= 15 is 0 Å². The van der Waals surface area contributed by atoms with Crippen molar-refractivity contribution in [3.8, 4) is 0 Å². The predicted molar refractivity (Wildman–Crippen MR) is 74.3 cm³/mol. The van der Waals surface area contributed by atoms with E-state index in [0.29, 0.717) is 12.3 Å². The van der Waals surface area contributed by atoms with E-state index in [4.69, 9.17) is 5.73 Å². The molecular formula is C13H17FN4S. The van der Waals surface area contributed by atoms with Gasteiger partial charge in [0.05, 0.1) is 6.54 Å². The number of benzene rings is 1. The Morgan fingerprint density at radius 1 is 1.37 bits per heavy atom. The van der Waals surface area contributed by atoms with E-state index in [2.05, 4.69) is 24.0 Å². The van der Waals surface area contributed by atoms with Crippen molar-refractivity contribution in [3.63, 3.8) is 0 Å². The van der Waals surface area contributed by atoms with Crippen LogP contribution in [0.5, 0.6) is 0 Å². The Kier molecular flexibility index (Phi) is 4.55. The van der Waals surface area contributed by atoms with Crippen LogP contribution in [-0.2, 0) is 12.3 Å². The topological polar surface area (TPSA) is 56.7 Å².